The first-order chi connectivity index (χ1) is 9.45. The molecule has 2 N–H and O–H groups in total. The number of urea groups is 1. The fourth-order valence-electron chi connectivity index (χ4n) is 2.10. The summed E-state index contributed by atoms with van der Waals surface area (Å²) in [5.41, 5.74) is 0.00728. The molecule has 1 aliphatic heterocycles. The molecule has 0 spiro atoms. The Morgan fingerprint density at radius 1 is 1.50 bits per heavy atom. The first kappa shape index (κ1) is 14.7. The van der Waals surface area contributed by atoms with E-state index >= 15 is 0 Å². The number of nitrogens with one attached hydrogen (secondary N) is 1. The molecular weight excluding hydrogens is 282 g/mol. The number of rotatable bonds is 3. The molecule has 0 saturated carbocycles. The Balaban J connectivity index is 1.86. The molecule has 0 aliphatic carbocycles. The van der Waals surface area contributed by atoms with Crippen molar-refractivity contribution in [3.8, 4) is 0 Å². The van der Waals surface area contributed by atoms with Crippen LogP contribution in [0.15, 0.2) is 5.38 Å². The Labute approximate surface area is 120 Å². The molecule has 7 nitrogen and oxygen atoms in total. The van der Waals surface area contributed by atoms with Gasteiger partial charge in [0.2, 0.25) is 0 Å². The molecule has 0 radical (unpaired) electrons. The van der Waals surface area contributed by atoms with Crippen LogP contribution in [0.5, 0.6) is 0 Å². The lowest BCUT2D eigenvalue weighted by molar-refractivity contribution is -0.0545. The highest BCUT2D eigenvalue weighted by Crippen LogP contribution is 2.12. The second-order valence-electron chi connectivity index (χ2n) is 4.75. The second kappa shape index (κ2) is 6.19. The first-order valence-corrected chi connectivity index (χ1v) is 7.19. The second-order valence-corrected chi connectivity index (χ2v) is 5.70. The molecule has 110 valence electrons. The summed E-state index contributed by atoms with van der Waals surface area (Å²) in [5.74, 6) is -1.06. The number of hydrogen-bond acceptors (Lipinski definition) is 5. The Morgan fingerprint density at radius 3 is 2.70 bits per heavy atom. The van der Waals surface area contributed by atoms with E-state index in [1.807, 2.05) is 13.8 Å². The molecule has 2 amide bonds. The van der Waals surface area contributed by atoms with Crippen LogP contribution < -0.4 is 5.32 Å². The quantitative estimate of drug-likeness (QED) is 0.874. The van der Waals surface area contributed by atoms with Gasteiger partial charge in [-0.15, -0.1) is 11.3 Å². The summed E-state index contributed by atoms with van der Waals surface area (Å²) < 4.78 is 5.56. The van der Waals surface area contributed by atoms with Crippen LogP contribution in [0.25, 0.3) is 0 Å². The summed E-state index contributed by atoms with van der Waals surface area (Å²) in [6.07, 6.45) is 0.0333. The lowest BCUT2D eigenvalue weighted by Gasteiger charge is -2.35. The third kappa shape index (κ3) is 3.67. The van der Waals surface area contributed by atoms with E-state index in [1.54, 1.807) is 4.90 Å². The van der Waals surface area contributed by atoms with Crippen molar-refractivity contribution in [3.63, 3.8) is 0 Å². The molecule has 0 aromatic carbocycles. The van der Waals surface area contributed by atoms with E-state index in [0.29, 0.717) is 18.1 Å². The maximum Gasteiger partial charge on any atom is 0.355 e. The van der Waals surface area contributed by atoms with Crippen LogP contribution >= 0.6 is 11.3 Å². The molecule has 2 heterocycles. The van der Waals surface area contributed by atoms with E-state index in [1.165, 1.54) is 16.7 Å². The van der Waals surface area contributed by atoms with Crippen LogP contribution in [0.3, 0.4) is 0 Å². The van der Waals surface area contributed by atoms with Gasteiger partial charge in [-0.25, -0.2) is 14.6 Å². The van der Waals surface area contributed by atoms with Crippen molar-refractivity contribution >= 4 is 23.3 Å². The van der Waals surface area contributed by atoms with Crippen molar-refractivity contribution in [1.29, 1.82) is 0 Å². The molecule has 0 bridgehead atoms. The van der Waals surface area contributed by atoms with Crippen molar-refractivity contribution in [3.05, 3.63) is 16.1 Å². The van der Waals surface area contributed by atoms with Crippen molar-refractivity contribution < 1.29 is 19.4 Å². The van der Waals surface area contributed by atoms with E-state index in [9.17, 15) is 9.59 Å². The topological polar surface area (TPSA) is 91.8 Å². The molecule has 1 aliphatic rings. The number of thiazole rings is 1. The molecule has 1 aromatic rings. The van der Waals surface area contributed by atoms with Gasteiger partial charge in [-0.2, -0.15) is 0 Å². The lowest BCUT2D eigenvalue weighted by atomic mass is 10.2. The van der Waals surface area contributed by atoms with Crippen molar-refractivity contribution in [2.45, 2.75) is 32.6 Å². The smallest absolute Gasteiger partial charge is 0.355 e. The van der Waals surface area contributed by atoms with Crippen molar-refractivity contribution in [2.75, 3.05) is 13.1 Å². The molecule has 2 rings (SSSR count). The average Bonchev–Trinajstić information content (AvgIpc) is 2.83. The normalized spacial score (nSPS) is 22.6. The lowest BCUT2D eigenvalue weighted by Crippen LogP contribution is -2.51. The monoisotopic (exact) mass is 299 g/mol. The van der Waals surface area contributed by atoms with E-state index in [0.717, 1.165) is 0 Å². The molecule has 1 aromatic heterocycles. The van der Waals surface area contributed by atoms with Crippen LogP contribution in [0.4, 0.5) is 4.79 Å². The van der Waals surface area contributed by atoms with Gasteiger partial charge < -0.3 is 20.1 Å². The van der Waals surface area contributed by atoms with Gasteiger partial charge >= 0.3 is 12.0 Å². The van der Waals surface area contributed by atoms with Gasteiger partial charge in [0.15, 0.2) is 5.69 Å². The number of carbonyl (C=O) groups is 2. The number of carboxylic acids is 1. The molecule has 2 atom stereocenters. The molecule has 8 heteroatoms. The molecule has 1 fully saturated rings. The van der Waals surface area contributed by atoms with Gasteiger partial charge in [0, 0.05) is 18.5 Å². The van der Waals surface area contributed by atoms with Gasteiger partial charge in [0.1, 0.15) is 5.01 Å². The number of morpholine rings is 1. The average molecular weight is 299 g/mol. The van der Waals surface area contributed by atoms with Gasteiger partial charge in [-0.3, -0.25) is 0 Å². The van der Waals surface area contributed by atoms with Crippen LogP contribution in [-0.2, 0) is 11.3 Å². The molecule has 2 unspecified atom stereocenters. The first-order valence-electron chi connectivity index (χ1n) is 6.31. The van der Waals surface area contributed by atoms with Crippen molar-refractivity contribution in [2.24, 2.45) is 0 Å². The third-order valence-electron chi connectivity index (χ3n) is 2.87. The Morgan fingerprint density at radius 2 is 2.15 bits per heavy atom. The highest BCUT2D eigenvalue weighted by atomic mass is 32.1. The summed E-state index contributed by atoms with van der Waals surface area (Å²) >= 11 is 1.22. The number of hydrogen-bond donors (Lipinski definition) is 2. The summed E-state index contributed by atoms with van der Waals surface area (Å²) in [6.45, 7) is 5.19. The number of carbonyl (C=O) groups excluding carboxylic acids is 1. The number of aromatic carboxylic acids is 1. The van der Waals surface area contributed by atoms with E-state index in [-0.39, 0.29) is 30.5 Å². The van der Waals surface area contributed by atoms with Gasteiger partial charge in [0.25, 0.3) is 0 Å². The molecule has 20 heavy (non-hydrogen) atoms. The van der Waals surface area contributed by atoms with E-state index < -0.39 is 5.97 Å². The minimum atomic E-state index is -1.06. The fraction of sp³-hybridized carbons (Fsp3) is 0.583. The van der Waals surface area contributed by atoms with E-state index in [2.05, 4.69) is 10.3 Å². The Hall–Kier alpha value is -1.67. The highest BCUT2D eigenvalue weighted by molar-refractivity contribution is 7.09. The van der Waals surface area contributed by atoms with Gasteiger partial charge in [-0.1, -0.05) is 0 Å². The minimum absolute atomic E-state index is 0.00728. The predicted octanol–water partition coefficient (Wildman–Crippen LogP) is 1.16. The Kier molecular flexibility index (Phi) is 4.56. The number of aromatic nitrogens is 1. The largest absolute Gasteiger partial charge is 0.476 e. The maximum absolute atomic E-state index is 12.0. The zero-order chi connectivity index (χ0) is 14.7. The van der Waals surface area contributed by atoms with Crippen LogP contribution in [0.2, 0.25) is 0 Å². The highest BCUT2D eigenvalue weighted by Gasteiger charge is 2.25. The SMILES string of the molecule is CC1CN(C(=O)NCc2nc(C(=O)O)cs2)CC(C)O1. The van der Waals surface area contributed by atoms with Gasteiger partial charge in [0.05, 0.1) is 18.8 Å². The number of amides is 2. The third-order valence-corrected chi connectivity index (χ3v) is 3.72. The van der Waals surface area contributed by atoms with Gasteiger partial charge in [-0.05, 0) is 13.8 Å². The summed E-state index contributed by atoms with van der Waals surface area (Å²) in [4.78, 5) is 28.3. The van der Waals surface area contributed by atoms with Crippen LogP contribution in [0.1, 0.15) is 29.3 Å². The standard InChI is InChI=1S/C12H17N3O4S/c1-7-4-15(5-8(2)19-7)12(18)13-3-10-14-9(6-20-10)11(16)17/h6-8H,3-5H2,1-2H3,(H,13,18)(H,16,17). The molecular formula is C12H17N3O4S. The van der Waals surface area contributed by atoms with E-state index in [4.69, 9.17) is 9.84 Å². The summed E-state index contributed by atoms with van der Waals surface area (Å²) in [6, 6.07) is -0.181. The number of nitrogens with zero attached hydrogens (tertiary/aromatic N) is 2. The number of ether oxygens (including phenoxy) is 1. The fourth-order valence-corrected chi connectivity index (χ4v) is 2.80. The molecule has 1 saturated heterocycles. The predicted molar refractivity (Wildman–Crippen MR) is 72.9 cm³/mol. The van der Waals surface area contributed by atoms with Crippen LogP contribution in [-0.4, -0.2) is 52.3 Å². The zero-order valence-electron chi connectivity index (χ0n) is 11.3. The maximum atomic E-state index is 12.0. The van der Waals surface area contributed by atoms with Crippen LogP contribution in [0, 0.1) is 0 Å². The number of carboxylic acid groups (broad SMARTS) is 1. The summed E-state index contributed by atoms with van der Waals surface area (Å²) in [5, 5.41) is 13.6. The zero-order valence-corrected chi connectivity index (χ0v) is 12.1. The van der Waals surface area contributed by atoms with Crippen molar-refractivity contribution in [1.82, 2.24) is 15.2 Å². The Bertz CT molecular complexity index is 495. The minimum Gasteiger partial charge on any atom is -0.476 e. The summed E-state index contributed by atoms with van der Waals surface area (Å²) in [7, 11) is 0.